The fraction of sp³-hybridized carbons (Fsp3) is 0.500. The Bertz CT molecular complexity index is 473. The van der Waals surface area contributed by atoms with Crippen LogP contribution in [0.1, 0.15) is 43.6 Å². The molecule has 0 bridgehead atoms. The Morgan fingerprint density at radius 3 is 2.67 bits per heavy atom. The Morgan fingerprint density at radius 2 is 2.14 bits per heavy atom. The third-order valence-electron chi connectivity index (χ3n) is 3.62. The predicted octanol–water partition coefficient (Wildman–Crippen LogP) is 3.29. The van der Waals surface area contributed by atoms with Crippen LogP contribution in [0.2, 0.25) is 0 Å². The average Bonchev–Trinajstić information content (AvgIpc) is 2.97. The number of aryl methyl sites for hydroxylation is 2. The number of nitrogens with one attached hydrogen (secondary N) is 1. The highest BCUT2D eigenvalue weighted by molar-refractivity contribution is 5.10. The van der Waals surface area contributed by atoms with Crippen molar-refractivity contribution in [1.29, 1.82) is 0 Å². The minimum absolute atomic E-state index is 0.647. The van der Waals surface area contributed by atoms with Crippen LogP contribution in [0, 0.1) is 12.3 Å². The summed E-state index contributed by atoms with van der Waals surface area (Å²) in [5.74, 6) is 4.14. The van der Waals surface area contributed by atoms with Crippen LogP contribution < -0.4 is 5.32 Å². The van der Waals surface area contributed by atoms with Crippen LogP contribution in [0.3, 0.4) is 0 Å². The van der Waals surface area contributed by atoms with E-state index in [1.165, 1.54) is 30.4 Å². The van der Waals surface area contributed by atoms with Gasteiger partial charge in [-0.25, -0.2) is 4.98 Å². The number of hydrogen-bond donors (Lipinski definition) is 1. The lowest BCUT2D eigenvalue weighted by atomic mass is 9.97. The van der Waals surface area contributed by atoms with E-state index in [-0.39, 0.29) is 0 Å². The number of rotatable bonds is 5. The molecule has 0 saturated carbocycles. The number of allylic oxidation sites excluding steroid dienone is 2. The lowest BCUT2D eigenvalue weighted by Gasteiger charge is -2.22. The van der Waals surface area contributed by atoms with Crippen molar-refractivity contribution in [1.82, 2.24) is 14.9 Å². The van der Waals surface area contributed by atoms with Crippen LogP contribution >= 0.6 is 0 Å². The summed E-state index contributed by atoms with van der Waals surface area (Å²) >= 11 is 0. The zero-order valence-corrected chi connectivity index (χ0v) is 13.1. The Balaban J connectivity index is 0.000000491. The Labute approximate surface area is 129 Å². The Hall–Kier alpha value is -1.79. The predicted molar refractivity (Wildman–Crippen MR) is 90.3 cm³/mol. The maximum Gasteiger partial charge on any atom is 0.112 e. The Kier molecular flexibility index (Phi) is 8.23. The minimum Gasteiger partial charge on any atom is -0.335 e. The Morgan fingerprint density at radius 1 is 1.48 bits per heavy atom. The number of terminal acetylenes is 1. The monoisotopic (exact) mass is 285 g/mol. The number of imidazole rings is 1. The maximum atomic E-state index is 4.83. The van der Waals surface area contributed by atoms with Crippen molar-refractivity contribution in [3.8, 4) is 12.3 Å². The lowest BCUT2D eigenvalue weighted by Crippen LogP contribution is -2.28. The van der Waals surface area contributed by atoms with Gasteiger partial charge in [0.25, 0.3) is 0 Å². The molecule has 1 fully saturated rings. The van der Waals surface area contributed by atoms with Crippen molar-refractivity contribution < 1.29 is 0 Å². The van der Waals surface area contributed by atoms with Crippen molar-refractivity contribution in [2.45, 2.75) is 45.1 Å². The van der Waals surface area contributed by atoms with Crippen molar-refractivity contribution >= 4 is 0 Å². The summed E-state index contributed by atoms with van der Waals surface area (Å²) in [6, 6.07) is 0. The minimum atomic E-state index is 0.647. The van der Waals surface area contributed by atoms with Gasteiger partial charge >= 0.3 is 0 Å². The molecule has 3 nitrogen and oxygen atoms in total. The van der Waals surface area contributed by atoms with E-state index in [1.807, 2.05) is 6.08 Å². The second-order valence-electron chi connectivity index (χ2n) is 5.10. The number of hydrogen-bond acceptors (Lipinski definition) is 2. The molecular weight excluding hydrogens is 258 g/mol. The first-order valence-electron chi connectivity index (χ1n) is 7.71. The molecule has 2 rings (SSSR count). The van der Waals surface area contributed by atoms with Gasteiger partial charge in [0, 0.05) is 18.7 Å². The number of aromatic nitrogens is 2. The van der Waals surface area contributed by atoms with Crippen LogP contribution in [0.25, 0.3) is 0 Å². The van der Waals surface area contributed by atoms with Crippen molar-refractivity contribution in [2.75, 3.05) is 13.1 Å². The van der Waals surface area contributed by atoms with Crippen LogP contribution in [0.5, 0.6) is 0 Å². The van der Waals surface area contributed by atoms with Crippen LogP contribution in [-0.2, 0) is 13.0 Å². The molecule has 1 aromatic rings. The fourth-order valence-electron chi connectivity index (χ4n) is 2.52. The zero-order valence-electron chi connectivity index (χ0n) is 13.1. The fourth-order valence-corrected chi connectivity index (χ4v) is 2.52. The van der Waals surface area contributed by atoms with Crippen molar-refractivity contribution in [2.24, 2.45) is 0 Å². The molecule has 1 aliphatic heterocycles. The molecule has 2 heterocycles. The molecule has 0 amide bonds. The summed E-state index contributed by atoms with van der Waals surface area (Å²) < 4.78 is 2.33. The third-order valence-corrected chi connectivity index (χ3v) is 3.62. The molecule has 1 N–H and O–H groups in total. The summed E-state index contributed by atoms with van der Waals surface area (Å²) in [4.78, 5) is 4.83. The van der Waals surface area contributed by atoms with Gasteiger partial charge in [-0.1, -0.05) is 18.6 Å². The van der Waals surface area contributed by atoms with Gasteiger partial charge in [-0.3, -0.25) is 0 Å². The molecule has 0 atom stereocenters. The first kappa shape index (κ1) is 17.3. The molecule has 3 heteroatoms. The molecule has 0 aromatic carbocycles. The maximum absolute atomic E-state index is 4.83. The first-order chi connectivity index (χ1) is 10.3. The van der Waals surface area contributed by atoms with Gasteiger partial charge in [-0.2, -0.15) is 0 Å². The van der Waals surface area contributed by atoms with Gasteiger partial charge in [0.15, 0.2) is 0 Å². The molecule has 1 aliphatic rings. The zero-order chi connectivity index (χ0) is 15.5. The summed E-state index contributed by atoms with van der Waals surface area (Å²) in [6.45, 7) is 12.5. The summed E-state index contributed by atoms with van der Waals surface area (Å²) in [5, 5.41) is 3.41. The van der Waals surface area contributed by atoms with Crippen molar-refractivity contribution in [3.05, 3.63) is 43.0 Å². The van der Waals surface area contributed by atoms with E-state index in [1.54, 1.807) is 0 Å². The number of piperidine rings is 1. The second kappa shape index (κ2) is 10.0. The van der Waals surface area contributed by atoms with E-state index in [4.69, 9.17) is 4.98 Å². The van der Waals surface area contributed by atoms with Crippen LogP contribution in [0.4, 0.5) is 0 Å². The quantitative estimate of drug-likeness (QED) is 0.664. The molecule has 0 unspecified atom stereocenters. The molecule has 114 valence electrons. The highest BCUT2D eigenvalue weighted by Gasteiger charge is 2.20. The van der Waals surface area contributed by atoms with E-state index in [9.17, 15) is 0 Å². The van der Waals surface area contributed by atoms with Gasteiger partial charge in [-0.05, 0) is 51.8 Å². The lowest BCUT2D eigenvalue weighted by molar-refractivity contribution is 0.432. The number of nitrogens with zero attached hydrogens (tertiary/aromatic N) is 2. The van der Waals surface area contributed by atoms with Gasteiger partial charge in [0.1, 0.15) is 5.82 Å². The largest absolute Gasteiger partial charge is 0.335 e. The third kappa shape index (κ3) is 5.61. The molecular formula is C18H27N3. The summed E-state index contributed by atoms with van der Waals surface area (Å²) in [7, 11) is 0. The highest BCUT2D eigenvalue weighted by Crippen LogP contribution is 2.25. The molecule has 1 saturated heterocycles. The molecule has 1 aromatic heterocycles. The normalized spacial score (nSPS) is 14.7. The van der Waals surface area contributed by atoms with Crippen LogP contribution in [0.15, 0.2) is 31.5 Å². The van der Waals surface area contributed by atoms with Crippen molar-refractivity contribution in [3.63, 3.8) is 0 Å². The SMILES string of the molecule is C#CC=C.C=CCCc1cn(CC)c(C2CCNCC2)n1. The van der Waals surface area contributed by atoms with Gasteiger partial charge in [0.05, 0.1) is 5.69 Å². The van der Waals surface area contributed by atoms with Crippen LogP contribution in [-0.4, -0.2) is 22.6 Å². The van der Waals surface area contributed by atoms with E-state index in [0.717, 1.165) is 32.5 Å². The average molecular weight is 285 g/mol. The van der Waals surface area contributed by atoms with E-state index in [0.29, 0.717) is 5.92 Å². The van der Waals surface area contributed by atoms with E-state index >= 15 is 0 Å². The van der Waals surface area contributed by atoms with Gasteiger partial charge in [0.2, 0.25) is 0 Å². The van der Waals surface area contributed by atoms with E-state index in [2.05, 4.69) is 48.5 Å². The van der Waals surface area contributed by atoms with E-state index < -0.39 is 0 Å². The van der Waals surface area contributed by atoms with Gasteiger partial charge < -0.3 is 9.88 Å². The van der Waals surface area contributed by atoms with Gasteiger partial charge in [-0.15, -0.1) is 13.0 Å². The summed E-state index contributed by atoms with van der Waals surface area (Å²) in [6.07, 6.45) is 14.7. The smallest absolute Gasteiger partial charge is 0.112 e. The second-order valence-corrected chi connectivity index (χ2v) is 5.10. The molecule has 0 aliphatic carbocycles. The molecule has 0 spiro atoms. The topological polar surface area (TPSA) is 29.9 Å². The standard InChI is InChI=1S/C14H23N3.C4H4/c1-3-5-6-13-11-17(4-2)14(16-13)12-7-9-15-10-8-12;1-3-4-2/h3,11-12,15H,1,4-10H2,2H3;1,4H,2H2. The highest BCUT2D eigenvalue weighted by atomic mass is 15.1. The summed E-state index contributed by atoms with van der Waals surface area (Å²) in [5.41, 5.74) is 1.22. The molecule has 21 heavy (non-hydrogen) atoms. The molecule has 0 radical (unpaired) electrons. The first-order valence-corrected chi connectivity index (χ1v) is 7.71.